The van der Waals surface area contributed by atoms with Crippen LogP contribution < -0.4 is 0 Å². The Labute approximate surface area is 105 Å². The minimum Gasteiger partial charge on any atom is -0.264 e. The molecule has 3 heteroatoms. The van der Waals surface area contributed by atoms with Gasteiger partial charge in [-0.05, 0) is 35.9 Å². The highest BCUT2D eigenvalue weighted by Crippen LogP contribution is 2.23. The van der Waals surface area contributed by atoms with E-state index >= 15 is 0 Å². The van der Waals surface area contributed by atoms with Gasteiger partial charge in [0.1, 0.15) is 0 Å². The first-order valence-corrected chi connectivity index (χ1v) is 5.70. The Hall–Kier alpha value is -2.55. The average Bonchev–Trinajstić information content (AvgIpc) is 2.49. The third-order valence-electron chi connectivity index (χ3n) is 2.71. The molecule has 0 N–H and O–H groups in total. The summed E-state index contributed by atoms with van der Waals surface area (Å²) in [4.78, 5) is 12.6. The van der Waals surface area contributed by atoms with Gasteiger partial charge in [-0.1, -0.05) is 6.07 Å². The summed E-state index contributed by atoms with van der Waals surface area (Å²) in [6.07, 6.45) is 9.00. The van der Waals surface area contributed by atoms with Gasteiger partial charge in [-0.2, -0.15) is 0 Å². The van der Waals surface area contributed by atoms with Crippen molar-refractivity contribution < 1.29 is 0 Å². The van der Waals surface area contributed by atoms with Crippen molar-refractivity contribution in [2.45, 2.75) is 0 Å². The van der Waals surface area contributed by atoms with E-state index in [2.05, 4.69) is 15.0 Å². The molecule has 0 aliphatic carbocycles. The second-order valence-electron chi connectivity index (χ2n) is 3.91. The molecule has 0 aliphatic heterocycles. The Morgan fingerprint density at radius 2 is 1.39 bits per heavy atom. The molecule has 3 heterocycles. The van der Waals surface area contributed by atoms with Crippen LogP contribution in [0.4, 0.5) is 0 Å². The number of aromatic nitrogens is 3. The van der Waals surface area contributed by atoms with Crippen molar-refractivity contribution in [3.63, 3.8) is 0 Å². The zero-order valence-electron chi connectivity index (χ0n) is 9.69. The molecule has 0 unspecified atom stereocenters. The predicted octanol–water partition coefficient (Wildman–Crippen LogP) is 3.21. The second-order valence-corrected chi connectivity index (χ2v) is 3.91. The standard InChI is InChI=1S/C15H11N3/c1-3-13(10-16-6-1)12-5-8-18-15(9-12)14-4-2-7-17-11-14/h1-11H. The molecule has 0 fully saturated rings. The molecule has 0 bridgehead atoms. The Morgan fingerprint density at radius 3 is 2.06 bits per heavy atom. The van der Waals surface area contributed by atoms with E-state index in [1.807, 2.05) is 55.0 Å². The highest BCUT2D eigenvalue weighted by atomic mass is 14.7. The molecule has 0 radical (unpaired) electrons. The molecule has 3 aromatic rings. The van der Waals surface area contributed by atoms with E-state index in [0.29, 0.717) is 0 Å². The summed E-state index contributed by atoms with van der Waals surface area (Å²) in [5.41, 5.74) is 4.13. The van der Waals surface area contributed by atoms with Crippen LogP contribution in [0.3, 0.4) is 0 Å². The van der Waals surface area contributed by atoms with E-state index < -0.39 is 0 Å². The van der Waals surface area contributed by atoms with E-state index in [1.165, 1.54) is 0 Å². The Bertz CT molecular complexity index is 581. The van der Waals surface area contributed by atoms with Gasteiger partial charge in [-0.3, -0.25) is 15.0 Å². The minimum absolute atomic E-state index is 0.921. The zero-order chi connectivity index (χ0) is 12.2. The molecule has 0 saturated carbocycles. The van der Waals surface area contributed by atoms with Crippen LogP contribution in [-0.4, -0.2) is 15.0 Å². The molecule has 0 saturated heterocycles. The number of rotatable bonds is 2. The SMILES string of the molecule is c1cncc(-c2ccnc(-c3cccnc3)c2)c1. The highest BCUT2D eigenvalue weighted by molar-refractivity contribution is 5.69. The quantitative estimate of drug-likeness (QED) is 0.682. The Morgan fingerprint density at radius 1 is 0.667 bits per heavy atom. The molecule has 0 aliphatic rings. The van der Waals surface area contributed by atoms with Crippen molar-refractivity contribution in [1.29, 1.82) is 0 Å². The molecule has 0 spiro atoms. The number of hydrogen-bond acceptors (Lipinski definition) is 3. The third kappa shape index (κ3) is 2.11. The largest absolute Gasteiger partial charge is 0.264 e. The summed E-state index contributed by atoms with van der Waals surface area (Å²) in [5, 5.41) is 0. The van der Waals surface area contributed by atoms with Gasteiger partial charge in [-0.15, -0.1) is 0 Å². The van der Waals surface area contributed by atoms with Gasteiger partial charge in [0.2, 0.25) is 0 Å². The second kappa shape index (κ2) is 4.75. The molecule has 18 heavy (non-hydrogen) atoms. The van der Waals surface area contributed by atoms with Crippen LogP contribution in [0.2, 0.25) is 0 Å². The maximum Gasteiger partial charge on any atom is 0.0723 e. The minimum atomic E-state index is 0.921. The molecule has 3 aromatic heterocycles. The topological polar surface area (TPSA) is 38.7 Å². The lowest BCUT2D eigenvalue weighted by Gasteiger charge is -2.04. The maximum absolute atomic E-state index is 4.37. The van der Waals surface area contributed by atoms with Gasteiger partial charge < -0.3 is 0 Å². The molecule has 0 aromatic carbocycles. The molecular formula is C15H11N3. The normalized spacial score (nSPS) is 10.2. The van der Waals surface area contributed by atoms with Crippen molar-refractivity contribution in [2.75, 3.05) is 0 Å². The van der Waals surface area contributed by atoms with Crippen LogP contribution in [0.5, 0.6) is 0 Å². The molecular weight excluding hydrogens is 222 g/mol. The van der Waals surface area contributed by atoms with Gasteiger partial charge in [-0.25, -0.2) is 0 Å². The first-order chi connectivity index (χ1) is 8.93. The summed E-state index contributed by atoms with van der Waals surface area (Å²) in [7, 11) is 0. The van der Waals surface area contributed by atoms with Crippen LogP contribution in [0.15, 0.2) is 67.4 Å². The van der Waals surface area contributed by atoms with Crippen molar-refractivity contribution in [1.82, 2.24) is 15.0 Å². The predicted molar refractivity (Wildman–Crippen MR) is 70.7 cm³/mol. The summed E-state index contributed by atoms with van der Waals surface area (Å²) in [6.45, 7) is 0. The average molecular weight is 233 g/mol. The molecule has 3 rings (SSSR count). The maximum atomic E-state index is 4.37. The third-order valence-corrected chi connectivity index (χ3v) is 2.71. The first-order valence-electron chi connectivity index (χ1n) is 5.70. The number of pyridine rings is 3. The Balaban J connectivity index is 2.05. The summed E-state index contributed by atoms with van der Waals surface area (Å²) in [6, 6.07) is 11.9. The van der Waals surface area contributed by atoms with Crippen molar-refractivity contribution in [3.8, 4) is 22.4 Å². The molecule has 0 amide bonds. The van der Waals surface area contributed by atoms with Crippen LogP contribution >= 0.6 is 0 Å². The van der Waals surface area contributed by atoms with Gasteiger partial charge in [0.15, 0.2) is 0 Å². The monoisotopic (exact) mass is 233 g/mol. The molecule has 3 nitrogen and oxygen atoms in total. The van der Waals surface area contributed by atoms with E-state index in [1.54, 1.807) is 12.4 Å². The van der Waals surface area contributed by atoms with Crippen molar-refractivity contribution in [2.24, 2.45) is 0 Å². The summed E-state index contributed by atoms with van der Waals surface area (Å²) in [5.74, 6) is 0. The van der Waals surface area contributed by atoms with Crippen LogP contribution in [0, 0.1) is 0 Å². The fraction of sp³-hybridized carbons (Fsp3) is 0. The molecule has 0 atom stereocenters. The van der Waals surface area contributed by atoms with E-state index in [4.69, 9.17) is 0 Å². The zero-order valence-corrected chi connectivity index (χ0v) is 9.69. The van der Waals surface area contributed by atoms with Crippen LogP contribution in [0.25, 0.3) is 22.4 Å². The van der Waals surface area contributed by atoms with Gasteiger partial charge in [0.05, 0.1) is 5.69 Å². The fourth-order valence-corrected chi connectivity index (χ4v) is 1.82. The summed E-state index contributed by atoms with van der Waals surface area (Å²) >= 11 is 0. The van der Waals surface area contributed by atoms with E-state index in [-0.39, 0.29) is 0 Å². The lowest BCUT2D eigenvalue weighted by atomic mass is 10.1. The van der Waals surface area contributed by atoms with E-state index in [0.717, 1.165) is 22.4 Å². The summed E-state index contributed by atoms with van der Waals surface area (Å²) < 4.78 is 0. The number of hydrogen-bond donors (Lipinski definition) is 0. The van der Waals surface area contributed by atoms with Crippen molar-refractivity contribution >= 4 is 0 Å². The van der Waals surface area contributed by atoms with Gasteiger partial charge in [0, 0.05) is 42.1 Å². The lowest BCUT2D eigenvalue weighted by molar-refractivity contribution is 1.27. The lowest BCUT2D eigenvalue weighted by Crippen LogP contribution is -1.86. The van der Waals surface area contributed by atoms with Crippen molar-refractivity contribution in [3.05, 3.63) is 67.4 Å². The smallest absolute Gasteiger partial charge is 0.0723 e. The Kier molecular flexibility index (Phi) is 2.80. The number of nitrogens with zero attached hydrogens (tertiary/aromatic N) is 3. The van der Waals surface area contributed by atoms with Gasteiger partial charge >= 0.3 is 0 Å². The van der Waals surface area contributed by atoms with E-state index in [9.17, 15) is 0 Å². The van der Waals surface area contributed by atoms with Gasteiger partial charge in [0.25, 0.3) is 0 Å². The molecule has 86 valence electrons. The fourth-order valence-electron chi connectivity index (χ4n) is 1.82. The highest BCUT2D eigenvalue weighted by Gasteiger charge is 2.02. The van der Waals surface area contributed by atoms with Crippen LogP contribution in [0.1, 0.15) is 0 Å². The first kappa shape index (κ1) is 10.6. The van der Waals surface area contributed by atoms with Crippen LogP contribution in [-0.2, 0) is 0 Å².